The summed E-state index contributed by atoms with van der Waals surface area (Å²) in [6.07, 6.45) is 3.13. The first kappa shape index (κ1) is 22.3. The molecular weight excluding hydrogens is 445 g/mol. The third-order valence-electron chi connectivity index (χ3n) is 5.18. The summed E-state index contributed by atoms with van der Waals surface area (Å²) in [5.74, 6) is -0.438. The second-order valence-corrected chi connectivity index (χ2v) is 7.87. The lowest BCUT2D eigenvalue weighted by Gasteiger charge is -2.08. The molecule has 0 fully saturated rings. The van der Waals surface area contributed by atoms with Gasteiger partial charge in [0, 0.05) is 28.0 Å². The largest absolute Gasteiger partial charge is 0.322 e. The van der Waals surface area contributed by atoms with E-state index in [2.05, 4.69) is 25.9 Å². The standard InChI is InChI=1S/C23H21ClFN7O/c1-14-19(15(2)31(28-14)13-17-6-4-5-7-20(17)24)9-11-23(33)26-18-8-10-21(25)22(12-18)32-16(3)27-29-30-32/h4-12H,13H2,1-3H3,(H,26,33)/b11-9+. The van der Waals surface area contributed by atoms with E-state index >= 15 is 0 Å². The molecule has 4 aromatic rings. The molecule has 10 heteroatoms. The van der Waals surface area contributed by atoms with E-state index in [1.807, 2.05) is 42.8 Å². The summed E-state index contributed by atoms with van der Waals surface area (Å²) in [5, 5.41) is 19.0. The zero-order valence-corrected chi connectivity index (χ0v) is 19.0. The molecule has 2 heterocycles. The molecule has 0 aliphatic carbocycles. The summed E-state index contributed by atoms with van der Waals surface area (Å²) in [6.45, 7) is 6.01. The average Bonchev–Trinajstić information content (AvgIpc) is 3.32. The summed E-state index contributed by atoms with van der Waals surface area (Å²) in [6, 6.07) is 11.8. The van der Waals surface area contributed by atoms with Crippen molar-refractivity contribution in [2.75, 3.05) is 5.32 Å². The second kappa shape index (κ2) is 9.33. The van der Waals surface area contributed by atoms with Gasteiger partial charge in [-0.1, -0.05) is 29.8 Å². The minimum atomic E-state index is -0.504. The van der Waals surface area contributed by atoms with E-state index in [0.29, 0.717) is 23.1 Å². The normalized spacial score (nSPS) is 11.3. The summed E-state index contributed by atoms with van der Waals surface area (Å²) in [5.41, 5.74) is 4.08. The number of nitrogens with zero attached hydrogens (tertiary/aromatic N) is 6. The lowest BCUT2D eigenvalue weighted by atomic mass is 10.1. The molecular formula is C23H21ClFN7O. The Morgan fingerprint density at radius 2 is 1.97 bits per heavy atom. The number of amides is 1. The summed E-state index contributed by atoms with van der Waals surface area (Å²) in [4.78, 5) is 12.5. The maximum Gasteiger partial charge on any atom is 0.248 e. The number of carbonyl (C=O) groups is 1. The molecule has 1 amide bonds. The van der Waals surface area contributed by atoms with Crippen LogP contribution in [0.1, 0.15) is 28.3 Å². The molecule has 4 rings (SSSR count). The summed E-state index contributed by atoms with van der Waals surface area (Å²) < 4.78 is 17.4. The Hall–Kier alpha value is -3.85. The zero-order chi connectivity index (χ0) is 23.5. The van der Waals surface area contributed by atoms with Gasteiger partial charge in [0.1, 0.15) is 11.5 Å². The van der Waals surface area contributed by atoms with Crippen LogP contribution >= 0.6 is 11.6 Å². The smallest absolute Gasteiger partial charge is 0.248 e. The van der Waals surface area contributed by atoms with Gasteiger partial charge in [-0.15, -0.1) is 5.10 Å². The van der Waals surface area contributed by atoms with Crippen molar-refractivity contribution >= 4 is 29.3 Å². The van der Waals surface area contributed by atoms with Crippen molar-refractivity contribution in [3.63, 3.8) is 0 Å². The quantitative estimate of drug-likeness (QED) is 0.429. The molecule has 33 heavy (non-hydrogen) atoms. The Balaban J connectivity index is 1.50. The van der Waals surface area contributed by atoms with Crippen LogP contribution in [0.15, 0.2) is 48.5 Å². The molecule has 0 saturated heterocycles. The van der Waals surface area contributed by atoms with Gasteiger partial charge in [0.05, 0.1) is 12.2 Å². The number of benzene rings is 2. The third-order valence-corrected chi connectivity index (χ3v) is 5.55. The SMILES string of the molecule is Cc1nn(Cc2ccccc2Cl)c(C)c1/C=C/C(=O)Nc1ccc(F)c(-n2nnnc2C)c1. The second-order valence-electron chi connectivity index (χ2n) is 7.46. The predicted octanol–water partition coefficient (Wildman–Crippen LogP) is 4.28. The molecule has 0 unspecified atom stereocenters. The zero-order valence-electron chi connectivity index (χ0n) is 18.3. The molecule has 0 atom stereocenters. The van der Waals surface area contributed by atoms with Crippen molar-refractivity contribution in [1.29, 1.82) is 0 Å². The number of rotatable bonds is 6. The van der Waals surface area contributed by atoms with Gasteiger partial charge < -0.3 is 5.32 Å². The predicted molar refractivity (Wildman–Crippen MR) is 124 cm³/mol. The van der Waals surface area contributed by atoms with Crippen molar-refractivity contribution in [3.8, 4) is 5.69 Å². The number of anilines is 1. The van der Waals surface area contributed by atoms with Gasteiger partial charge >= 0.3 is 0 Å². The highest BCUT2D eigenvalue weighted by Crippen LogP contribution is 2.21. The highest BCUT2D eigenvalue weighted by molar-refractivity contribution is 6.31. The number of hydrogen-bond acceptors (Lipinski definition) is 5. The lowest BCUT2D eigenvalue weighted by Crippen LogP contribution is -2.10. The fourth-order valence-electron chi connectivity index (χ4n) is 3.44. The monoisotopic (exact) mass is 465 g/mol. The Kier molecular flexibility index (Phi) is 6.32. The molecule has 0 spiro atoms. The fraction of sp³-hybridized carbons (Fsp3) is 0.174. The highest BCUT2D eigenvalue weighted by Gasteiger charge is 2.13. The Bertz CT molecular complexity index is 1360. The lowest BCUT2D eigenvalue weighted by molar-refractivity contribution is -0.111. The van der Waals surface area contributed by atoms with Gasteiger partial charge in [-0.2, -0.15) is 9.78 Å². The third kappa shape index (κ3) is 4.83. The molecule has 0 aliphatic rings. The van der Waals surface area contributed by atoms with Gasteiger partial charge in [-0.3, -0.25) is 9.48 Å². The molecule has 2 aromatic heterocycles. The first-order chi connectivity index (χ1) is 15.8. The van der Waals surface area contributed by atoms with E-state index in [9.17, 15) is 9.18 Å². The van der Waals surface area contributed by atoms with Crippen LogP contribution < -0.4 is 5.32 Å². The number of carbonyl (C=O) groups excluding carboxylic acids is 1. The molecule has 168 valence electrons. The van der Waals surface area contributed by atoms with Crippen LogP contribution in [0.3, 0.4) is 0 Å². The number of tetrazole rings is 1. The Morgan fingerprint density at radius 3 is 2.70 bits per heavy atom. The minimum Gasteiger partial charge on any atom is -0.322 e. The number of aromatic nitrogens is 6. The fourth-order valence-corrected chi connectivity index (χ4v) is 3.64. The molecule has 8 nitrogen and oxygen atoms in total. The van der Waals surface area contributed by atoms with Gasteiger partial charge in [0.25, 0.3) is 0 Å². The van der Waals surface area contributed by atoms with E-state index < -0.39 is 5.82 Å². The van der Waals surface area contributed by atoms with Crippen LogP contribution in [0.4, 0.5) is 10.1 Å². The van der Waals surface area contributed by atoms with Crippen LogP contribution in [0.25, 0.3) is 11.8 Å². The molecule has 0 bridgehead atoms. The first-order valence-electron chi connectivity index (χ1n) is 10.1. The number of nitrogens with one attached hydrogen (secondary N) is 1. The van der Waals surface area contributed by atoms with Crippen molar-refractivity contribution in [1.82, 2.24) is 30.0 Å². The van der Waals surface area contributed by atoms with E-state index in [-0.39, 0.29) is 11.6 Å². The highest BCUT2D eigenvalue weighted by atomic mass is 35.5. The molecule has 0 aliphatic heterocycles. The number of aryl methyl sites for hydroxylation is 2. The first-order valence-corrected chi connectivity index (χ1v) is 10.5. The van der Waals surface area contributed by atoms with Crippen molar-refractivity contribution in [2.45, 2.75) is 27.3 Å². The molecule has 0 saturated carbocycles. The van der Waals surface area contributed by atoms with Crippen LogP contribution in [-0.4, -0.2) is 35.9 Å². The van der Waals surface area contributed by atoms with Crippen LogP contribution in [-0.2, 0) is 11.3 Å². The van der Waals surface area contributed by atoms with E-state index in [1.54, 1.807) is 13.0 Å². The topological polar surface area (TPSA) is 90.5 Å². The summed E-state index contributed by atoms with van der Waals surface area (Å²) >= 11 is 6.27. The van der Waals surface area contributed by atoms with Gasteiger partial charge in [0.15, 0.2) is 5.82 Å². The van der Waals surface area contributed by atoms with Crippen molar-refractivity contribution in [2.24, 2.45) is 0 Å². The Morgan fingerprint density at radius 1 is 1.18 bits per heavy atom. The number of hydrogen-bond donors (Lipinski definition) is 1. The maximum absolute atomic E-state index is 14.2. The van der Waals surface area contributed by atoms with Crippen LogP contribution in [0.2, 0.25) is 5.02 Å². The minimum absolute atomic E-state index is 0.145. The average molecular weight is 466 g/mol. The van der Waals surface area contributed by atoms with E-state index in [0.717, 1.165) is 22.5 Å². The molecule has 0 radical (unpaired) electrons. The number of halogens is 2. The molecule has 1 N–H and O–H groups in total. The Labute approximate surface area is 194 Å². The van der Waals surface area contributed by atoms with E-state index in [4.69, 9.17) is 11.6 Å². The maximum atomic E-state index is 14.2. The van der Waals surface area contributed by atoms with Gasteiger partial charge in [-0.25, -0.2) is 4.39 Å². The van der Waals surface area contributed by atoms with Gasteiger partial charge in [-0.05, 0) is 67.1 Å². The summed E-state index contributed by atoms with van der Waals surface area (Å²) in [7, 11) is 0. The van der Waals surface area contributed by atoms with Crippen LogP contribution in [0.5, 0.6) is 0 Å². The van der Waals surface area contributed by atoms with Crippen molar-refractivity contribution in [3.05, 3.63) is 87.7 Å². The van der Waals surface area contributed by atoms with Crippen LogP contribution in [0, 0.1) is 26.6 Å². The van der Waals surface area contributed by atoms with Gasteiger partial charge in [0.2, 0.25) is 5.91 Å². The van der Waals surface area contributed by atoms with Crippen molar-refractivity contribution < 1.29 is 9.18 Å². The van der Waals surface area contributed by atoms with E-state index in [1.165, 1.54) is 29.0 Å². The molecule has 2 aromatic carbocycles.